The van der Waals surface area contributed by atoms with Crippen LogP contribution in [0.2, 0.25) is 0 Å². The monoisotopic (exact) mass is 447 g/mol. The zero-order valence-electron chi connectivity index (χ0n) is 17.3. The summed E-state index contributed by atoms with van der Waals surface area (Å²) in [7, 11) is 1.33. The van der Waals surface area contributed by atoms with Crippen molar-refractivity contribution in [2.45, 2.75) is 18.5 Å². The zero-order valence-corrected chi connectivity index (χ0v) is 19.0. The third-order valence-corrected chi connectivity index (χ3v) is 5.67. The van der Waals surface area contributed by atoms with Gasteiger partial charge in [0.15, 0.2) is 0 Å². The van der Waals surface area contributed by atoms with Crippen LogP contribution in [0.5, 0.6) is 0 Å². The predicted molar refractivity (Wildman–Crippen MR) is 128 cm³/mol. The zero-order chi connectivity index (χ0) is 21.9. The number of rotatable bonds is 11. The fourth-order valence-electron chi connectivity index (χ4n) is 2.89. The minimum Gasteiger partial charge on any atom is -0.467 e. The van der Waals surface area contributed by atoms with Crippen molar-refractivity contribution in [1.82, 2.24) is 5.32 Å². The highest BCUT2D eigenvalue weighted by atomic mass is 32.2. The SMILES string of the molecule is COC(=O)[C@H](CCSC)NC(=O)c1ccc(NC[C@@H](N)CS)cc1-c1ccccc1. The van der Waals surface area contributed by atoms with Crippen molar-refractivity contribution >= 4 is 42.0 Å². The van der Waals surface area contributed by atoms with E-state index in [1.54, 1.807) is 17.8 Å². The number of esters is 1. The predicted octanol–water partition coefficient (Wildman–Crippen LogP) is 3.05. The molecule has 1 amide bonds. The Labute approximate surface area is 187 Å². The lowest BCUT2D eigenvalue weighted by Gasteiger charge is -2.19. The third kappa shape index (κ3) is 6.97. The van der Waals surface area contributed by atoms with Gasteiger partial charge in [-0.1, -0.05) is 30.3 Å². The van der Waals surface area contributed by atoms with Gasteiger partial charge in [-0.3, -0.25) is 4.79 Å². The van der Waals surface area contributed by atoms with Gasteiger partial charge >= 0.3 is 5.97 Å². The van der Waals surface area contributed by atoms with Gasteiger partial charge in [-0.05, 0) is 47.8 Å². The summed E-state index contributed by atoms with van der Waals surface area (Å²) in [5.41, 5.74) is 8.96. The van der Waals surface area contributed by atoms with Crippen molar-refractivity contribution in [3.05, 3.63) is 54.1 Å². The smallest absolute Gasteiger partial charge is 0.328 e. The first-order valence-corrected chi connectivity index (χ1v) is 11.7. The van der Waals surface area contributed by atoms with E-state index < -0.39 is 12.0 Å². The van der Waals surface area contributed by atoms with Crippen LogP contribution >= 0.6 is 24.4 Å². The number of hydrogen-bond acceptors (Lipinski definition) is 7. The molecule has 0 saturated carbocycles. The molecule has 4 N–H and O–H groups in total. The van der Waals surface area contributed by atoms with Crippen molar-refractivity contribution in [2.24, 2.45) is 5.73 Å². The number of nitrogens with one attached hydrogen (secondary N) is 2. The fraction of sp³-hybridized carbons (Fsp3) is 0.364. The molecule has 0 heterocycles. The van der Waals surface area contributed by atoms with Gasteiger partial charge in [-0.25, -0.2) is 4.79 Å². The molecule has 162 valence electrons. The maximum atomic E-state index is 13.1. The van der Waals surface area contributed by atoms with Crippen molar-refractivity contribution in [3.8, 4) is 11.1 Å². The van der Waals surface area contributed by atoms with Gasteiger partial charge in [-0.15, -0.1) is 0 Å². The second kappa shape index (κ2) is 12.5. The number of ether oxygens (including phenoxy) is 1. The lowest BCUT2D eigenvalue weighted by Crippen LogP contribution is -2.42. The Morgan fingerprint density at radius 3 is 2.57 bits per heavy atom. The number of amides is 1. The van der Waals surface area contributed by atoms with E-state index in [9.17, 15) is 9.59 Å². The first kappa shape index (κ1) is 24.1. The van der Waals surface area contributed by atoms with E-state index >= 15 is 0 Å². The van der Waals surface area contributed by atoms with Gasteiger partial charge in [0.1, 0.15) is 6.04 Å². The summed E-state index contributed by atoms with van der Waals surface area (Å²) in [5, 5.41) is 6.12. The topological polar surface area (TPSA) is 93.4 Å². The maximum absolute atomic E-state index is 13.1. The van der Waals surface area contributed by atoms with Crippen LogP contribution in [0.25, 0.3) is 11.1 Å². The Morgan fingerprint density at radius 2 is 1.93 bits per heavy atom. The largest absolute Gasteiger partial charge is 0.467 e. The molecule has 30 heavy (non-hydrogen) atoms. The molecule has 8 heteroatoms. The second-order valence-corrected chi connectivity index (χ2v) is 8.13. The number of thiol groups is 1. The number of anilines is 1. The van der Waals surface area contributed by atoms with E-state index in [4.69, 9.17) is 10.5 Å². The summed E-state index contributed by atoms with van der Waals surface area (Å²) < 4.78 is 4.85. The first-order valence-electron chi connectivity index (χ1n) is 9.67. The number of thioether (sulfide) groups is 1. The standard InChI is InChI=1S/C22H29N3O3S2/c1-28-22(27)20(10-11-30-2)25-21(26)18-9-8-17(24-13-16(23)14-29)12-19(18)15-6-4-3-5-7-15/h3-9,12,16,20,24,29H,10-11,13-14,23H2,1-2H3,(H,25,26)/t16-,20+/m1/s1. The van der Waals surface area contributed by atoms with Crippen LogP contribution in [-0.4, -0.2) is 55.4 Å². The second-order valence-electron chi connectivity index (χ2n) is 6.78. The van der Waals surface area contributed by atoms with E-state index in [0.29, 0.717) is 24.3 Å². The molecule has 0 unspecified atom stereocenters. The number of nitrogens with two attached hydrogens (primary N) is 1. The summed E-state index contributed by atoms with van der Waals surface area (Å²) in [6.07, 6.45) is 2.45. The van der Waals surface area contributed by atoms with Crippen LogP contribution in [0.1, 0.15) is 16.8 Å². The van der Waals surface area contributed by atoms with Gasteiger partial charge in [0.25, 0.3) is 5.91 Å². The average Bonchev–Trinajstić information content (AvgIpc) is 2.79. The van der Waals surface area contributed by atoms with Crippen LogP contribution in [0, 0.1) is 0 Å². The van der Waals surface area contributed by atoms with Crippen LogP contribution in [-0.2, 0) is 9.53 Å². The molecule has 2 aromatic rings. The molecule has 2 atom stereocenters. The van der Waals surface area contributed by atoms with E-state index in [1.165, 1.54) is 7.11 Å². The molecule has 0 saturated heterocycles. The van der Waals surface area contributed by atoms with Gasteiger partial charge in [0, 0.05) is 29.6 Å². The Hall–Kier alpha value is -2.16. The average molecular weight is 448 g/mol. The van der Waals surface area contributed by atoms with E-state index in [2.05, 4.69) is 23.3 Å². The van der Waals surface area contributed by atoms with E-state index in [0.717, 1.165) is 22.6 Å². The van der Waals surface area contributed by atoms with E-state index in [-0.39, 0.29) is 11.9 Å². The van der Waals surface area contributed by atoms with Crippen LogP contribution < -0.4 is 16.4 Å². The molecule has 0 aliphatic rings. The number of hydrogen-bond donors (Lipinski definition) is 4. The Kier molecular flexibility index (Phi) is 10.1. The highest BCUT2D eigenvalue weighted by Crippen LogP contribution is 2.27. The molecule has 2 rings (SSSR count). The van der Waals surface area contributed by atoms with Crippen molar-refractivity contribution < 1.29 is 14.3 Å². The lowest BCUT2D eigenvalue weighted by molar-refractivity contribution is -0.142. The molecular formula is C22H29N3O3S2. The molecule has 0 fully saturated rings. The third-order valence-electron chi connectivity index (χ3n) is 4.55. The maximum Gasteiger partial charge on any atom is 0.328 e. The van der Waals surface area contributed by atoms with Crippen molar-refractivity contribution in [2.75, 3.05) is 36.7 Å². The quantitative estimate of drug-likeness (QED) is 0.313. The van der Waals surface area contributed by atoms with Crippen LogP contribution in [0.3, 0.4) is 0 Å². The molecule has 0 radical (unpaired) electrons. The molecule has 0 spiro atoms. The summed E-state index contributed by atoms with van der Waals surface area (Å²) >= 11 is 5.82. The number of benzene rings is 2. The van der Waals surface area contributed by atoms with Crippen molar-refractivity contribution in [1.29, 1.82) is 0 Å². The Bertz CT molecular complexity index is 834. The summed E-state index contributed by atoms with van der Waals surface area (Å²) in [5.74, 6) is 0.547. The number of carbonyl (C=O) groups excluding carboxylic acids is 2. The van der Waals surface area contributed by atoms with Crippen LogP contribution in [0.15, 0.2) is 48.5 Å². The number of methoxy groups -OCH3 is 1. The summed E-state index contributed by atoms with van der Waals surface area (Å²) in [6.45, 7) is 0.572. The Balaban J connectivity index is 2.32. The molecule has 2 aromatic carbocycles. The summed E-state index contributed by atoms with van der Waals surface area (Å²) in [4.78, 5) is 25.2. The highest BCUT2D eigenvalue weighted by Gasteiger charge is 2.23. The minimum atomic E-state index is -0.690. The van der Waals surface area contributed by atoms with Crippen LogP contribution in [0.4, 0.5) is 5.69 Å². The number of carbonyl (C=O) groups is 2. The van der Waals surface area contributed by atoms with Gasteiger partial charge < -0.3 is 21.1 Å². The van der Waals surface area contributed by atoms with Gasteiger partial charge in [0.2, 0.25) is 0 Å². The van der Waals surface area contributed by atoms with Gasteiger partial charge in [0.05, 0.1) is 7.11 Å². The van der Waals surface area contributed by atoms with E-state index in [1.807, 2.05) is 48.7 Å². The summed E-state index contributed by atoms with van der Waals surface area (Å²) in [6, 6.07) is 14.4. The Morgan fingerprint density at radius 1 is 1.20 bits per heavy atom. The minimum absolute atomic E-state index is 0.0752. The normalized spacial score (nSPS) is 12.7. The van der Waals surface area contributed by atoms with Crippen molar-refractivity contribution in [3.63, 3.8) is 0 Å². The first-order chi connectivity index (χ1) is 14.5. The molecular weight excluding hydrogens is 418 g/mol. The van der Waals surface area contributed by atoms with Gasteiger partial charge in [-0.2, -0.15) is 24.4 Å². The fourth-order valence-corrected chi connectivity index (χ4v) is 3.49. The molecule has 0 bridgehead atoms. The molecule has 0 aromatic heterocycles. The highest BCUT2D eigenvalue weighted by molar-refractivity contribution is 7.98. The lowest BCUT2D eigenvalue weighted by atomic mass is 9.98. The molecule has 6 nitrogen and oxygen atoms in total. The molecule has 0 aliphatic carbocycles. The molecule has 0 aliphatic heterocycles.